The lowest BCUT2D eigenvalue weighted by Crippen LogP contribution is -2.22. The van der Waals surface area contributed by atoms with Crippen molar-refractivity contribution in [3.63, 3.8) is 0 Å². The van der Waals surface area contributed by atoms with Gasteiger partial charge in [-0.3, -0.25) is 0 Å². The van der Waals surface area contributed by atoms with Crippen molar-refractivity contribution in [3.8, 4) is 11.6 Å². The predicted octanol–water partition coefficient (Wildman–Crippen LogP) is 5.50. The van der Waals surface area contributed by atoms with Gasteiger partial charge in [-0.25, -0.2) is 4.98 Å². The van der Waals surface area contributed by atoms with Gasteiger partial charge in [-0.15, -0.1) is 0 Å². The third-order valence-electron chi connectivity index (χ3n) is 4.13. The number of nitrogens with one attached hydrogen (secondary N) is 1. The minimum absolute atomic E-state index is 0.106. The van der Waals surface area contributed by atoms with Gasteiger partial charge in [-0.05, 0) is 37.8 Å². The first kappa shape index (κ1) is 21.0. The molecule has 1 N–H and O–H groups in total. The normalized spacial score (nSPS) is 15.4. The number of benzene rings is 1. The Hall–Kier alpha value is -2.72. The zero-order chi connectivity index (χ0) is 21.1. The van der Waals surface area contributed by atoms with Crippen molar-refractivity contribution in [1.29, 1.82) is 0 Å². The molecular formula is C18H17F6N3O2. The Labute approximate surface area is 162 Å². The van der Waals surface area contributed by atoms with Gasteiger partial charge in [0.1, 0.15) is 11.3 Å². The van der Waals surface area contributed by atoms with E-state index in [-0.39, 0.29) is 12.1 Å². The highest BCUT2D eigenvalue weighted by Gasteiger charge is 2.38. The van der Waals surface area contributed by atoms with E-state index >= 15 is 0 Å². The van der Waals surface area contributed by atoms with Crippen molar-refractivity contribution < 1.29 is 35.8 Å². The fourth-order valence-corrected chi connectivity index (χ4v) is 2.86. The van der Waals surface area contributed by atoms with Crippen LogP contribution in [0.5, 0.6) is 11.6 Å². The zero-order valence-corrected chi connectivity index (χ0v) is 15.0. The van der Waals surface area contributed by atoms with Crippen molar-refractivity contribution >= 4 is 11.6 Å². The lowest BCUT2D eigenvalue weighted by atomic mass is 10.2. The Morgan fingerprint density at radius 1 is 1.07 bits per heavy atom. The molecule has 0 unspecified atom stereocenters. The number of anilines is 2. The molecule has 0 spiro atoms. The van der Waals surface area contributed by atoms with Gasteiger partial charge in [0.15, 0.2) is 6.61 Å². The molecule has 29 heavy (non-hydrogen) atoms. The standard InChI is InChI=1S/C18H17F6N3O2/c19-17(20,21)10-28-15-14(18(22,23)24)9-25-16(27-15)26-11-4-3-7-13(8-11)29-12-5-1-2-6-12/h3-4,7-9,12H,1-2,5-6,10H2,(H,25,26,27). The summed E-state index contributed by atoms with van der Waals surface area (Å²) in [6.07, 6.45) is -5.23. The number of hydrogen-bond donors (Lipinski definition) is 1. The highest BCUT2D eigenvalue weighted by molar-refractivity contribution is 5.56. The third kappa shape index (κ3) is 6.13. The topological polar surface area (TPSA) is 56.3 Å². The van der Waals surface area contributed by atoms with Crippen LogP contribution in [0.1, 0.15) is 31.2 Å². The maximum Gasteiger partial charge on any atom is 0.423 e. The second-order valence-corrected chi connectivity index (χ2v) is 6.49. The van der Waals surface area contributed by atoms with Gasteiger partial charge in [0.25, 0.3) is 0 Å². The summed E-state index contributed by atoms with van der Waals surface area (Å²) < 4.78 is 86.1. The molecule has 1 aliphatic carbocycles. The van der Waals surface area contributed by atoms with Gasteiger partial charge in [0.2, 0.25) is 11.8 Å². The number of alkyl halides is 6. The first-order valence-corrected chi connectivity index (χ1v) is 8.78. The predicted molar refractivity (Wildman–Crippen MR) is 91.2 cm³/mol. The fourth-order valence-electron chi connectivity index (χ4n) is 2.86. The molecule has 0 radical (unpaired) electrons. The summed E-state index contributed by atoms with van der Waals surface area (Å²) in [5.41, 5.74) is -1.09. The molecule has 1 aromatic heterocycles. The summed E-state index contributed by atoms with van der Waals surface area (Å²) in [4.78, 5) is 7.00. The number of aromatic nitrogens is 2. The van der Waals surface area contributed by atoms with Crippen molar-refractivity contribution in [2.45, 2.75) is 44.1 Å². The molecule has 5 nitrogen and oxygen atoms in total. The van der Waals surface area contributed by atoms with Gasteiger partial charge in [0.05, 0.1) is 6.10 Å². The Bertz CT molecular complexity index is 835. The minimum atomic E-state index is -4.96. The molecule has 2 aromatic rings. The molecule has 158 valence electrons. The number of halogens is 6. The van der Waals surface area contributed by atoms with E-state index in [4.69, 9.17) is 4.74 Å². The monoisotopic (exact) mass is 421 g/mol. The van der Waals surface area contributed by atoms with E-state index in [0.29, 0.717) is 17.6 Å². The maximum atomic E-state index is 13.0. The van der Waals surface area contributed by atoms with Crippen LogP contribution in [0.2, 0.25) is 0 Å². The van der Waals surface area contributed by atoms with Crippen LogP contribution in [0.4, 0.5) is 38.0 Å². The van der Waals surface area contributed by atoms with Gasteiger partial charge in [0, 0.05) is 18.0 Å². The molecule has 0 amide bonds. The number of rotatable bonds is 6. The first-order chi connectivity index (χ1) is 13.6. The van der Waals surface area contributed by atoms with Crippen LogP contribution in [-0.4, -0.2) is 28.9 Å². The molecule has 0 bridgehead atoms. The Balaban J connectivity index is 1.78. The molecule has 0 aliphatic heterocycles. The van der Waals surface area contributed by atoms with Crippen LogP contribution in [0.15, 0.2) is 30.5 Å². The summed E-state index contributed by atoms with van der Waals surface area (Å²) >= 11 is 0. The van der Waals surface area contributed by atoms with Crippen LogP contribution >= 0.6 is 0 Å². The average Bonchev–Trinajstić information content (AvgIpc) is 3.12. The van der Waals surface area contributed by atoms with E-state index < -0.39 is 30.4 Å². The maximum absolute atomic E-state index is 13.0. The van der Waals surface area contributed by atoms with Gasteiger partial charge in [-0.2, -0.15) is 31.3 Å². The van der Waals surface area contributed by atoms with Gasteiger partial charge < -0.3 is 14.8 Å². The molecule has 1 saturated carbocycles. The lowest BCUT2D eigenvalue weighted by molar-refractivity contribution is -0.159. The van der Waals surface area contributed by atoms with Crippen LogP contribution in [-0.2, 0) is 6.18 Å². The Morgan fingerprint density at radius 3 is 2.45 bits per heavy atom. The van der Waals surface area contributed by atoms with Crippen LogP contribution in [0.3, 0.4) is 0 Å². The Kier molecular flexibility index (Phi) is 6.04. The molecule has 1 aromatic carbocycles. The smallest absolute Gasteiger partial charge is 0.423 e. The summed E-state index contributed by atoms with van der Waals surface area (Å²) in [6, 6.07) is 6.60. The Morgan fingerprint density at radius 2 is 1.79 bits per heavy atom. The molecule has 1 aliphatic rings. The SMILES string of the molecule is FC(F)(F)COc1nc(Nc2cccc(OC3CCCC3)c2)ncc1C(F)(F)F. The van der Waals surface area contributed by atoms with E-state index in [1.165, 1.54) is 0 Å². The van der Waals surface area contributed by atoms with Crippen molar-refractivity contribution in [2.24, 2.45) is 0 Å². The van der Waals surface area contributed by atoms with Crippen molar-refractivity contribution in [2.75, 3.05) is 11.9 Å². The van der Waals surface area contributed by atoms with Crippen LogP contribution in [0, 0.1) is 0 Å². The number of ether oxygens (including phenoxy) is 2. The largest absolute Gasteiger partial charge is 0.490 e. The minimum Gasteiger partial charge on any atom is -0.490 e. The lowest BCUT2D eigenvalue weighted by Gasteiger charge is -2.16. The molecule has 11 heteroatoms. The summed E-state index contributed by atoms with van der Waals surface area (Å²) in [5, 5.41) is 2.65. The van der Waals surface area contributed by atoms with E-state index in [9.17, 15) is 26.3 Å². The number of hydrogen-bond acceptors (Lipinski definition) is 5. The van der Waals surface area contributed by atoms with Crippen LogP contribution in [0.25, 0.3) is 0 Å². The van der Waals surface area contributed by atoms with Crippen molar-refractivity contribution in [3.05, 3.63) is 36.0 Å². The molecule has 1 heterocycles. The molecule has 0 saturated heterocycles. The summed E-state index contributed by atoms with van der Waals surface area (Å²) in [7, 11) is 0. The van der Waals surface area contributed by atoms with Gasteiger partial charge in [-0.1, -0.05) is 6.07 Å². The van der Waals surface area contributed by atoms with E-state index in [1.54, 1.807) is 24.3 Å². The number of nitrogens with zero attached hydrogens (tertiary/aromatic N) is 2. The highest BCUT2D eigenvalue weighted by atomic mass is 19.4. The second-order valence-electron chi connectivity index (χ2n) is 6.49. The zero-order valence-electron chi connectivity index (χ0n) is 15.0. The average molecular weight is 421 g/mol. The molecule has 3 rings (SSSR count). The first-order valence-electron chi connectivity index (χ1n) is 8.78. The van der Waals surface area contributed by atoms with Crippen molar-refractivity contribution in [1.82, 2.24) is 9.97 Å². The van der Waals surface area contributed by atoms with E-state index in [1.807, 2.05) is 0 Å². The highest BCUT2D eigenvalue weighted by Crippen LogP contribution is 2.36. The van der Waals surface area contributed by atoms with E-state index in [2.05, 4.69) is 20.0 Å². The quantitative estimate of drug-likeness (QED) is 0.624. The molecular weight excluding hydrogens is 404 g/mol. The molecule has 0 atom stereocenters. The summed E-state index contributed by atoms with van der Waals surface area (Å²) in [5.74, 6) is -0.985. The second kappa shape index (κ2) is 8.34. The van der Waals surface area contributed by atoms with Crippen LogP contribution < -0.4 is 14.8 Å². The van der Waals surface area contributed by atoms with E-state index in [0.717, 1.165) is 25.7 Å². The van der Waals surface area contributed by atoms with Gasteiger partial charge >= 0.3 is 12.4 Å². The molecule has 1 fully saturated rings. The third-order valence-corrected chi connectivity index (χ3v) is 4.13. The summed E-state index contributed by atoms with van der Waals surface area (Å²) in [6.45, 7) is -1.91. The fraction of sp³-hybridized carbons (Fsp3) is 0.444.